The summed E-state index contributed by atoms with van der Waals surface area (Å²) < 4.78 is 35.3. The van der Waals surface area contributed by atoms with Crippen molar-refractivity contribution in [1.82, 2.24) is 19.5 Å². The molecule has 9 nitrogen and oxygen atoms in total. The molecular weight excluding hydrogens is 568 g/mol. The number of rotatable bonds is 4. The standard InChI is InChI=1S/C30H28ClF2N5O4/c1-15-5-4-6-23(38-14-34-22(13-24(38)39)26-20(32)10-9-19(31)27(26)33)29-35-16(2)28(37-29)18-8-7-17(12-25(40)42-3)11-21(18)36-30(15)41/h7-11,13-15,23H,4-6,12H2,1-3H3,(H,35,37)(H,36,41)/t15-,23+/m1/s1. The Morgan fingerprint density at radius 1 is 1.17 bits per heavy atom. The molecular formula is C30H28ClF2N5O4. The molecule has 0 radical (unpaired) electrons. The highest BCUT2D eigenvalue weighted by Gasteiger charge is 2.26. The van der Waals surface area contributed by atoms with E-state index in [0.29, 0.717) is 53.3 Å². The average Bonchev–Trinajstić information content (AvgIpc) is 3.34. The first-order valence-electron chi connectivity index (χ1n) is 13.4. The van der Waals surface area contributed by atoms with Crippen LogP contribution in [0.4, 0.5) is 14.5 Å². The molecule has 1 aliphatic heterocycles. The van der Waals surface area contributed by atoms with Gasteiger partial charge in [-0.2, -0.15) is 0 Å². The van der Waals surface area contributed by atoms with Crippen molar-refractivity contribution in [3.8, 4) is 22.5 Å². The molecule has 0 saturated heterocycles. The molecule has 3 heterocycles. The topological polar surface area (TPSA) is 119 Å². The number of carbonyl (C=O) groups is 2. The zero-order valence-corrected chi connectivity index (χ0v) is 23.9. The Labute approximate surface area is 244 Å². The van der Waals surface area contributed by atoms with E-state index < -0.39 is 34.8 Å². The monoisotopic (exact) mass is 595 g/mol. The number of aromatic nitrogens is 4. The Kier molecular flexibility index (Phi) is 8.22. The number of amides is 1. The summed E-state index contributed by atoms with van der Waals surface area (Å²) in [4.78, 5) is 50.7. The molecule has 2 N–H and O–H groups in total. The third kappa shape index (κ3) is 5.69. The average molecular weight is 596 g/mol. The Hall–Kier alpha value is -4.38. The summed E-state index contributed by atoms with van der Waals surface area (Å²) in [6, 6.07) is 7.86. The van der Waals surface area contributed by atoms with Crippen molar-refractivity contribution >= 4 is 29.2 Å². The van der Waals surface area contributed by atoms with E-state index in [1.54, 1.807) is 18.2 Å². The fraction of sp³-hybridized carbons (Fsp3) is 0.300. The molecule has 2 aromatic heterocycles. The zero-order chi connectivity index (χ0) is 30.1. The molecule has 1 amide bonds. The number of aromatic amines is 1. The normalized spacial score (nSPS) is 17.0. The second kappa shape index (κ2) is 11.8. The maximum absolute atomic E-state index is 14.6. The van der Waals surface area contributed by atoms with Gasteiger partial charge in [-0.3, -0.25) is 19.0 Å². The maximum Gasteiger partial charge on any atom is 0.309 e. The van der Waals surface area contributed by atoms with Crippen LogP contribution in [0.15, 0.2) is 47.5 Å². The third-order valence-corrected chi connectivity index (χ3v) is 7.72. The first kappa shape index (κ1) is 29.1. The second-order valence-corrected chi connectivity index (χ2v) is 10.7. The Bertz CT molecular complexity index is 1750. The molecule has 0 spiro atoms. The first-order valence-corrected chi connectivity index (χ1v) is 13.7. The van der Waals surface area contributed by atoms with Crippen LogP contribution < -0.4 is 10.9 Å². The van der Waals surface area contributed by atoms with E-state index in [9.17, 15) is 23.2 Å². The number of anilines is 1. The van der Waals surface area contributed by atoms with Crippen LogP contribution in [0.2, 0.25) is 5.02 Å². The molecule has 218 valence electrons. The lowest BCUT2D eigenvalue weighted by Crippen LogP contribution is -2.27. The summed E-state index contributed by atoms with van der Waals surface area (Å²) in [6.07, 6.45) is 2.81. The molecule has 2 aromatic carbocycles. The highest BCUT2D eigenvalue weighted by Crippen LogP contribution is 2.35. The Balaban J connectivity index is 1.59. The van der Waals surface area contributed by atoms with E-state index in [0.717, 1.165) is 18.2 Å². The van der Waals surface area contributed by atoms with Gasteiger partial charge in [0.05, 0.1) is 53.6 Å². The predicted molar refractivity (Wildman–Crippen MR) is 153 cm³/mol. The fourth-order valence-electron chi connectivity index (χ4n) is 5.11. The SMILES string of the molecule is COC(=O)Cc1ccc2c(c1)NC(=O)[C@H](C)CCC[C@H](n1cnc(-c3c(F)ccc(Cl)c3F)cc1=O)c1nc-2c(C)[nH]1. The van der Waals surface area contributed by atoms with Gasteiger partial charge in [0, 0.05) is 23.2 Å². The number of fused-ring (bicyclic) bond motifs is 4. The largest absolute Gasteiger partial charge is 0.469 e. The molecule has 12 heteroatoms. The minimum absolute atomic E-state index is 0.0387. The van der Waals surface area contributed by atoms with Gasteiger partial charge < -0.3 is 15.0 Å². The maximum atomic E-state index is 14.6. The van der Waals surface area contributed by atoms with E-state index in [-0.39, 0.29) is 29.0 Å². The number of H-pyrrole nitrogens is 1. The summed E-state index contributed by atoms with van der Waals surface area (Å²) in [5, 5.41) is 2.71. The van der Waals surface area contributed by atoms with Crippen LogP contribution in [0.25, 0.3) is 22.5 Å². The number of benzene rings is 2. The minimum atomic E-state index is -1.00. The lowest BCUT2D eigenvalue weighted by molar-refractivity contribution is -0.139. The molecule has 0 aliphatic carbocycles. The number of methoxy groups -OCH3 is 1. The molecule has 2 bridgehead atoms. The summed E-state index contributed by atoms with van der Waals surface area (Å²) in [7, 11) is 1.31. The highest BCUT2D eigenvalue weighted by atomic mass is 35.5. The summed E-state index contributed by atoms with van der Waals surface area (Å²) in [5.41, 5.74) is 1.85. The van der Waals surface area contributed by atoms with Crippen molar-refractivity contribution in [3.63, 3.8) is 0 Å². The molecule has 0 saturated carbocycles. The summed E-state index contributed by atoms with van der Waals surface area (Å²) in [6.45, 7) is 3.65. The van der Waals surface area contributed by atoms with Crippen molar-refractivity contribution in [2.24, 2.45) is 5.92 Å². The van der Waals surface area contributed by atoms with Crippen molar-refractivity contribution in [2.75, 3.05) is 12.4 Å². The number of ether oxygens (including phenoxy) is 1. The Morgan fingerprint density at radius 3 is 2.69 bits per heavy atom. The Morgan fingerprint density at radius 2 is 1.95 bits per heavy atom. The number of nitrogens with one attached hydrogen (secondary N) is 2. The first-order chi connectivity index (χ1) is 20.1. The summed E-state index contributed by atoms with van der Waals surface area (Å²) in [5.74, 6) is -2.35. The quantitative estimate of drug-likeness (QED) is 0.234. The van der Waals surface area contributed by atoms with E-state index in [4.69, 9.17) is 21.3 Å². The number of esters is 1. The van der Waals surface area contributed by atoms with Crippen LogP contribution in [0.5, 0.6) is 0 Å². The second-order valence-electron chi connectivity index (χ2n) is 10.3. The van der Waals surface area contributed by atoms with Crippen LogP contribution >= 0.6 is 11.6 Å². The van der Waals surface area contributed by atoms with Gasteiger partial charge in [-0.1, -0.05) is 37.1 Å². The highest BCUT2D eigenvalue weighted by molar-refractivity contribution is 6.31. The number of hydrogen-bond donors (Lipinski definition) is 2. The van der Waals surface area contributed by atoms with Gasteiger partial charge in [0.15, 0.2) is 5.82 Å². The van der Waals surface area contributed by atoms with Gasteiger partial charge in [0.1, 0.15) is 11.6 Å². The predicted octanol–water partition coefficient (Wildman–Crippen LogP) is 5.60. The van der Waals surface area contributed by atoms with Gasteiger partial charge in [-0.15, -0.1) is 0 Å². The number of imidazole rings is 1. The summed E-state index contributed by atoms with van der Waals surface area (Å²) >= 11 is 5.84. The molecule has 1 aliphatic rings. The molecule has 0 unspecified atom stereocenters. The molecule has 2 atom stereocenters. The van der Waals surface area contributed by atoms with Crippen molar-refractivity contribution in [1.29, 1.82) is 0 Å². The lowest BCUT2D eigenvalue weighted by Gasteiger charge is -2.20. The van der Waals surface area contributed by atoms with Crippen LogP contribution in [0.3, 0.4) is 0 Å². The molecule has 4 aromatic rings. The van der Waals surface area contributed by atoms with Gasteiger partial charge in [-0.05, 0) is 43.5 Å². The smallest absolute Gasteiger partial charge is 0.309 e. The lowest BCUT2D eigenvalue weighted by atomic mass is 9.98. The van der Waals surface area contributed by atoms with E-state index in [1.807, 2.05) is 13.8 Å². The van der Waals surface area contributed by atoms with E-state index >= 15 is 0 Å². The van der Waals surface area contributed by atoms with Crippen LogP contribution in [0, 0.1) is 24.5 Å². The number of aryl methyl sites for hydroxylation is 1. The van der Waals surface area contributed by atoms with Gasteiger partial charge >= 0.3 is 5.97 Å². The van der Waals surface area contributed by atoms with Crippen LogP contribution in [-0.4, -0.2) is 38.5 Å². The van der Waals surface area contributed by atoms with Crippen molar-refractivity contribution in [2.45, 2.75) is 45.6 Å². The van der Waals surface area contributed by atoms with Gasteiger partial charge in [0.25, 0.3) is 5.56 Å². The number of halogens is 3. The van der Waals surface area contributed by atoms with E-state index in [2.05, 4.69) is 15.3 Å². The van der Waals surface area contributed by atoms with E-state index in [1.165, 1.54) is 18.0 Å². The van der Waals surface area contributed by atoms with Crippen molar-refractivity contribution in [3.05, 3.63) is 86.8 Å². The zero-order valence-electron chi connectivity index (χ0n) is 23.1. The number of nitrogens with zero attached hydrogens (tertiary/aromatic N) is 3. The molecule has 42 heavy (non-hydrogen) atoms. The number of carbonyl (C=O) groups excluding carboxylic acids is 2. The van der Waals surface area contributed by atoms with Crippen LogP contribution in [0.1, 0.15) is 49.3 Å². The van der Waals surface area contributed by atoms with Gasteiger partial charge in [0.2, 0.25) is 5.91 Å². The van der Waals surface area contributed by atoms with Gasteiger partial charge in [-0.25, -0.2) is 18.7 Å². The fourth-order valence-corrected chi connectivity index (χ4v) is 5.27. The third-order valence-electron chi connectivity index (χ3n) is 7.43. The minimum Gasteiger partial charge on any atom is -0.469 e. The van der Waals surface area contributed by atoms with Crippen LogP contribution in [-0.2, 0) is 20.7 Å². The molecule has 5 rings (SSSR count). The van der Waals surface area contributed by atoms with Crippen molar-refractivity contribution < 1.29 is 23.1 Å². The number of hydrogen-bond acceptors (Lipinski definition) is 6. The molecule has 0 fully saturated rings.